The van der Waals surface area contributed by atoms with Gasteiger partial charge in [0, 0.05) is 12.3 Å². The van der Waals surface area contributed by atoms with E-state index in [0.29, 0.717) is 0 Å². The van der Waals surface area contributed by atoms with Crippen molar-refractivity contribution in [2.24, 2.45) is 5.73 Å². The van der Waals surface area contributed by atoms with Gasteiger partial charge in [-0.2, -0.15) is 0 Å². The molecular formula is C15H13F2NO. The number of primary amides is 1. The lowest BCUT2D eigenvalue weighted by Gasteiger charge is -2.16. The predicted octanol–water partition coefficient (Wildman–Crippen LogP) is 2.97. The summed E-state index contributed by atoms with van der Waals surface area (Å²) in [7, 11) is 0. The van der Waals surface area contributed by atoms with Crippen molar-refractivity contribution < 1.29 is 13.6 Å². The zero-order valence-corrected chi connectivity index (χ0v) is 10.1. The number of nitrogens with two attached hydrogens (primary N) is 1. The zero-order chi connectivity index (χ0) is 13.8. The number of halogens is 2. The third-order valence-corrected chi connectivity index (χ3v) is 2.95. The lowest BCUT2D eigenvalue weighted by molar-refractivity contribution is -0.118. The van der Waals surface area contributed by atoms with E-state index in [2.05, 4.69) is 0 Å². The fourth-order valence-corrected chi connectivity index (χ4v) is 2.02. The Hall–Kier alpha value is -2.23. The maximum absolute atomic E-state index is 12.9. The molecule has 0 heterocycles. The summed E-state index contributed by atoms with van der Waals surface area (Å²) in [6, 6.07) is 11.7. The normalized spacial score (nSPS) is 10.7. The van der Waals surface area contributed by atoms with Crippen molar-refractivity contribution in [3.05, 3.63) is 71.3 Å². The average Bonchev–Trinajstić information content (AvgIpc) is 2.38. The number of hydrogen-bond acceptors (Lipinski definition) is 1. The summed E-state index contributed by atoms with van der Waals surface area (Å²) in [5.41, 5.74) is 6.78. The van der Waals surface area contributed by atoms with Crippen molar-refractivity contribution in [2.45, 2.75) is 12.3 Å². The topological polar surface area (TPSA) is 43.1 Å². The van der Waals surface area contributed by atoms with Gasteiger partial charge in [-0.1, -0.05) is 24.3 Å². The van der Waals surface area contributed by atoms with Crippen LogP contribution in [0.2, 0.25) is 0 Å². The van der Waals surface area contributed by atoms with E-state index in [1.807, 2.05) is 0 Å². The van der Waals surface area contributed by atoms with E-state index in [9.17, 15) is 13.6 Å². The van der Waals surface area contributed by atoms with E-state index in [-0.39, 0.29) is 24.0 Å². The van der Waals surface area contributed by atoms with E-state index in [0.717, 1.165) is 11.1 Å². The first-order chi connectivity index (χ1) is 9.06. The van der Waals surface area contributed by atoms with Crippen LogP contribution in [0.1, 0.15) is 23.5 Å². The summed E-state index contributed by atoms with van der Waals surface area (Å²) in [6.45, 7) is 0. The molecular weight excluding hydrogens is 248 g/mol. The van der Waals surface area contributed by atoms with Crippen molar-refractivity contribution in [1.82, 2.24) is 0 Å². The highest BCUT2D eigenvalue weighted by Gasteiger charge is 2.17. The van der Waals surface area contributed by atoms with Crippen LogP contribution in [0.15, 0.2) is 48.5 Å². The number of amides is 1. The van der Waals surface area contributed by atoms with Gasteiger partial charge in [-0.15, -0.1) is 0 Å². The summed E-state index contributed by atoms with van der Waals surface area (Å²) in [4.78, 5) is 11.2. The molecule has 0 bridgehead atoms. The van der Waals surface area contributed by atoms with Crippen LogP contribution in [0.25, 0.3) is 0 Å². The van der Waals surface area contributed by atoms with Crippen LogP contribution in [0.5, 0.6) is 0 Å². The molecule has 0 fully saturated rings. The average molecular weight is 261 g/mol. The lowest BCUT2D eigenvalue weighted by Crippen LogP contribution is -2.16. The molecule has 2 aromatic carbocycles. The fourth-order valence-electron chi connectivity index (χ4n) is 2.02. The third-order valence-electron chi connectivity index (χ3n) is 2.95. The Morgan fingerprint density at radius 2 is 1.26 bits per heavy atom. The first-order valence-electron chi connectivity index (χ1n) is 5.85. The molecule has 2 rings (SSSR count). The largest absolute Gasteiger partial charge is 0.370 e. The molecule has 1 amide bonds. The molecule has 0 radical (unpaired) electrons. The van der Waals surface area contributed by atoms with Crippen LogP contribution in [-0.2, 0) is 4.79 Å². The van der Waals surface area contributed by atoms with Gasteiger partial charge >= 0.3 is 0 Å². The highest BCUT2D eigenvalue weighted by Crippen LogP contribution is 2.28. The molecule has 0 aromatic heterocycles. The molecule has 0 atom stereocenters. The smallest absolute Gasteiger partial charge is 0.218 e. The highest BCUT2D eigenvalue weighted by molar-refractivity contribution is 5.75. The van der Waals surface area contributed by atoms with E-state index in [1.54, 1.807) is 24.3 Å². The van der Waals surface area contributed by atoms with Gasteiger partial charge in [0.2, 0.25) is 5.91 Å². The maximum atomic E-state index is 12.9. The molecule has 0 aliphatic carbocycles. The van der Waals surface area contributed by atoms with Gasteiger partial charge in [-0.3, -0.25) is 4.79 Å². The van der Waals surface area contributed by atoms with Gasteiger partial charge in [0.1, 0.15) is 11.6 Å². The fraction of sp³-hybridized carbons (Fsp3) is 0.133. The molecule has 0 unspecified atom stereocenters. The molecule has 2 N–H and O–H groups in total. The Bertz CT molecular complexity index is 518. The van der Waals surface area contributed by atoms with Gasteiger partial charge < -0.3 is 5.73 Å². The summed E-state index contributed by atoms with van der Waals surface area (Å²) in [5, 5.41) is 0. The Balaban J connectivity index is 2.37. The molecule has 2 nitrogen and oxygen atoms in total. The second kappa shape index (κ2) is 5.61. The van der Waals surface area contributed by atoms with Crippen molar-refractivity contribution in [3.63, 3.8) is 0 Å². The van der Waals surface area contributed by atoms with Crippen LogP contribution < -0.4 is 5.73 Å². The first-order valence-corrected chi connectivity index (χ1v) is 5.85. The van der Waals surface area contributed by atoms with Gasteiger partial charge in [0.25, 0.3) is 0 Å². The van der Waals surface area contributed by atoms with E-state index in [4.69, 9.17) is 5.73 Å². The molecule has 0 saturated carbocycles. The summed E-state index contributed by atoms with van der Waals surface area (Å²) in [5.74, 6) is -1.45. The van der Waals surface area contributed by atoms with Gasteiger partial charge in [0.15, 0.2) is 0 Å². The molecule has 0 aliphatic heterocycles. The quantitative estimate of drug-likeness (QED) is 0.903. The van der Waals surface area contributed by atoms with Crippen molar-refractivity contribution in [3.8, 4) is 0 Å². The van der Waals surface area contributed by atoms with Gasteiger partial charge in [-0.05, 0) is 35.4 Å². The highest BCUT2D eigenvalue weighted by atomic mass is 19.1. The van der Waals surface area contributed by atoms with Gasteiger partial charge in [-0.25, -0.2) is 8.78 Å². The number of carbonyl (C=O) groups excluding carboxylic acids is 1. The predicted molar refractivity (Wildman–Crippen MR) is 68.5 cm³/mol. The Kier molecular flexibility index (Phi) is 3.90. The first kappa shape index (κ1) is 13.2. The standard InChI is InChI=1S/C15H13F2NO/c16-12-5-1-10(2-6-12)14(9-15(18)19)11-3-7-13(17)8-4-11/h1-8,14H,9H2,(H2,18,19). The van der Waals surface area contributed by atoms with Gasteiger partial charge in [0.05, 0.1) is 0 Å². The zero-order valence-electron chi connectivity index (χ0n) is 10.1. The minimum absolute atomic E-state index is 0.0945. The summed E-state index contributed by atoms with van der Waals surface area (Å²) in [6.07, 6.45) is 0.0945. The molecule has 4 heteroatoms. The molecule has 19 heavy (non-hydrogen) atoms. The van der Waals surface area contributed by atoms with Crippen LogP contribution in [0.3, 0.4) is 0 Å². The molecule has 98 valence electrons. The van der Waals surface area contributed by atoms with Crippen LogP contribution >= 0.6 is 0 Å². The third kappa shape index (κ3) is 3.37. The van der Waals surface area contributed by atoms with Crippen molar-refractivity contribution in [2.75, 3.05) is 0 Å². The summed E-state index contributed by atoms with van der Waals surface area (Å²) >= 11 is 0. The Morgan fingerprint density at radius 3 is 1.58 bits per heavy atom. The minimum atomic E-state index is -0.460. The number of hydrogen-bond donors (Lipinski definition) is 1. The monoisotopic (exact) mass is 261 g/mol. The minimum Gasteiger partial charge on any atom is -0.370 e. The molecule has 0 saturated heterocycles. The second-order valence-electron chi connectivity index (χ2n) is 4.33. The van der Waals surface area contributed by atoms with Crippen LogP contribution in [-0.4, -0.2) is 5.91 Å². The van der Waals surface area contributed by atoms with E-state index < -0.39 is 5.91 Å². The molecule has 0 aliphatic rings. The van der Waals surface area contributed by atoms with E-state index >= 15 is 0 Å². The lowest BCUT2D eigenvalue weighted by atomic mass is 9.88. The Labute approximate surface area is 109 Å². The van der Waals surface area contributed by atoms with Crippen molar-refractivity contribution in [1.29, 1.82) is 0 Å². The SMILES string of the molecule is NC(=O)CC(c1ccc(F)cc1)c1ccc(F)cc1. The number of benzene rings is 2. The second-order valence-corrected chi connectivity index (χ2v) is 4.33. The van der Waals surface area contributed by atoms with Crippen LogP contribution in [0, 0.1) is 11.6 Å². The summed E-state index contributed by atoms with van der Waals surface area (Å²) < 4.78 is 25.9. The Morgan fingerprint density at radius 1 is 0.895 bits per heavy atom. The van der Waals surface area contributed by atoms with E-state index in [1.165, 1.54) is 24.3 Å². The van der Waals surface area contributed by atoms with Crippen LogP contribution in [0.4, 0.5) is 8.78 Å². The van der Waals surface area contributed by atoms with Crippen molar-refractivity contribution >= 4 is 5.91 Å². The number of carbonyl (C=O) groups is 1. The molecule has 2 aromatic rings. The number of rotatable bonds is 4. The maximum Gasteiger partial charge on any atom is 0.218 e. The molecule has 0 spiro atoms.